The number of hydrogen-bond acceptors (Lipinski definition) is 8. The topological polar surface area (TPSA) is 93.4 Å². The number of fused-ring (bicyclic) bond motifs is 2. The van der Waals surface area contributed by atoms with E-state index in [1.54, 1.807) is 36.4 Å². The van der Waals surface area contributed by atoms with Gasteiger partial charge < -0.3 is 28.1 Å². The lowest BCUT2D eigenvalue weighted by Crippen LogP contribution is -2.07. The van der Waals surface area contributed by atoms with Crippen LogP contribution in [0.5, 0.6) is 28.7 Å². The molecule has 4 aromatic rings. The highest BCUT2D eigenvalue weighted by Crippen LogP contribution is 2.40. The summed E-state index contributed by atoms with van der Waals surface area (Å²) in [6.45, 7) is 0. The number of methoxy groups -OCH3 is 3. The van der Waals surface area contributed by atoms with E-state index in [1.165, 1.54) is 33.5 Å². The first-order valence-corrected chi connectivity index (χ1v) is 11.5. The number of carbonyl (C=O) groups is 2. The Morgan fingerprint density at radius 2 is 1.67 bits per heavy atom. The van der Waals surface area contributed by atoms with E-state index in [0.717, 1.165) is 9.86 Å². The molecule has 0 aliphatic carbocycles. The van der Waals surface area contributed by atoms with Crippen molar-refractivity contribution in [1.82, 2.24) is 0 Å². The Kier molecular flexibility index (Phi) is 6.15. The molecule has 1 aliphatic heterocycles. The predicted octanol–water partition coefficient (Wildman–Crippen LogP) is 6.06. The second kappa shape index (κ2) is 9.43. The molecule has 0 N–H and O–H groups in total. The fourth-order valence-electron chi connectivity index (χ4n) is 3.84. The second-order valence-corrected chi connectivity index (χ2v) is 8.65. The Morgan fingerprint density at radius 3 is 2.36 bits per heavy atom. The average Bonchev–Trinajstić information content (AvgIpc) is 3.43. The zero-order valence-electron chi connectivity index (χ0n) is 19.4. The highest BCUT2D eigenvalue weighted by Gasteiger charge is 2.29. The van der Waals surface area contributed by atoms with Crippen molar-refractivity contribution in [3.05, 3.63) is 81.7 Å². The van der Waals surface area contributed by atoms with Gasteiger partial charge in [-0.3, -0.25) is 4.79 Å². The Morgan fingerprint density at radius 1 is 0.917 bits per heavy atom. The van der Waals surface area contributed by atoms with Crippen LogP contribution in [0.2, 0.25) is 0 Å². The number of benzene rings is 3. The highest BCUT2D eigenvalue weighted by atomic mass is 79.9. The molecule has 0 atom stereocenters. The summed E-state index contributed by atoms with van der Waals surface area (Å²) in [5.74, 6) is 0.999. The van der Waals surface area contributed by atoms with Crippen molar-refractivity contribution in [3.63, 3.8) is 0 Å². The summed E-state index contributed by atoms with van der Waals surface area (Å²) in [6.07, 6.45) is 1.57. The standard InChI is InChI=1S/C27H19BrO8/c1-31-22-9-14(10-23(32-2)26(22)33-3)8-21-25(29)18-6-5-17(13-20(18)36-21)34-27(30)24-12-15-11-16(28)4-7-19(15)35-24/h4-13H,1-3H3/b21-8-. The molecular weight excluding hydrogens is 532 g/mol. The smallest absolute Gasteiger partial charge is 0.379 e. The summed E-state index contributed by atoms with van der Waals surface area (Å²) >= 11 is 3.39. The Balaban J connectivity index is 1.38. The van der Waals surface area contributed by atoms with Crippen LogP contribution in [0, 0.1) is 0 Å². The monoisotopic (exact) mass is 550 g/mol. The van der Waals surface area contributed by atoms with Gasteiger partial charge in [-0.1, -0.05) is 15.9 Å². The molecular formula is C27H19BrO8. The number of rotatable bonds is 6. The Labute approximate surface area is 214 Å². The van der Waals surface area contributed by atoms with E-state index in [-0.39, 0.29) is 28.8 Å². The van der Waals surface area contributed by atoms with Crippen molar-refractivity contribution in [2.75, 3.05) is 21.3 Å². The molecule has 2 heterocycles. The van der Waals surface area contributed by atoms with Gasteiger partial charge in [-0.15, -0.1) is 0 Å². The van der Waals surface area contributed by atoms with E-state index in [0.29, 0.717) is 34.0 Å². The van der Waals surface area contributed by atoms with Crippen LogP contribution in [-0.2, 0) is 0 Å². The van der Waals surface area contributed by atoms with Gasteiger partial charge in [0.05, 0.1) is 26.9 Å². The molecule has 9 heteroatoms. The molecule has 0 radical (unpaired) electrons. The second-order valence-electron chi connectivity index (χ2n) is 7.74. The molecule has 1 aliphatic rings. The van der Waals surface area contributed by atoms with Gasteiger partial charge in [0, 0.05) is 15.9 Å². The number of Topliss-reactive ketones (excluding diaryl/α,β-unsaturated/α-hetero) is 1. The highest BCUT2D eigenvalue weighted by molar-refractivity contribution is 9.10. The van der Waals surface area contributed by atoms with Gasteiger partial charge in [0.25, 0.3) is 0 Å². The number of furan rings is 1. The minimum absolute atomic E-state index is 0.0589. The number of halogens is 1. The maximum Gasteiger partial charge on any atom is 0.379 e. The lowest BCUT2D eigenvalue weighted by Gasteiger charge is -2.13. The summed E-state index contributed by atoms with van der Waals surface area (Å²) in [5, 5.41) is 0.765. The maximum atomic E-state index is 12.9. The number of ketones is 1. The molecule has 0 unspecified atom stereocenters. The molecule has 0 fully saturated rings. The van der Waals surface area contributed by atoms with Crippen molar-refractivity contribution < 1.29 is 37.7 Å². The van der Waals surface area contributed by atoms with Crippen LogP contribution in [0.15, 0.2) is 69.2 Å². The summed E-state index contributed by atoms with van der Waals surface area (Å²) < 4.78 is 33.8. The Bertz CT molecular complexity index is 1520. The fraction of sp³-hybridized carbons (Fsp3) is 0.111. The van der Waals surface area contributed by atoms with Gasteiger partial charge in [-0.25, -0.2) is 4.79 Å². The molecule has 36 heavy (non-hydrogen) atoms. The SMILES string of the molecule is COc1cc(/C=C2\Oc3cc(OC(=O)c4cc5cc(Br)ccc5o4)ccc3C2=O)cc(OC)c1OC. The van der Waals surface area contributed by atoms with E-state index in [4.69, 9.17) is 28.1 Å². The lowest BCUT2D eigenvalue weighted by atomic mass is 10.1. The lowest BCUT2D eigenvalue weighted by molar-refractivity contribution is 0.0703. The molecule has 0 saturated heterocycles. The third-order valence-corrected chi connectivity index (χ3v) is 6.01. The van der Waals surface area contributed by atoms with Gasteiger partial charge >= 0.3 is 5.97 Å². The number of allylic oxidation sites excluding steroid dienone is 1. The van der Waals surface area contributed by atoms with E-state index in [9.17, 15) is 9.59 Å². The number of hydrogen-bond donors (Lipinski definition) is 0. The molecule has 0 bridgehead atoms. The summed E-state index contributed by atoms with van der Waals surface area (Å²) in [7, 11) is 4.53. The van der Waals surface area contributed by atoms with Crippen LogP contribution in [-0.4, -0.2) is 33.1 Å². The first kappa shape index (κ1) is 23.5. The molecule has 5 rings (SSSR count). The van der Waals surface area contributed by atoms with Crippen LogP contribution in [0.25, 0.3) is 17.0 Å². The zero-order chi connectivity index (χ0) is 25.4. The van der Waals surface area contributed by atoms with Gasteiger partial charge in [0.1, 0.15) is 17.1 Å². The number of esters is 1. The number of carbonyl (C=O) groups excluding carboxylic acids is 2. The van der Waals surface area contributed by atoms with Crippen molar-refractivity contribution in [2.45, 2.75) is 0 Å². The van der Waals surface area contributed by atoms with E-state index < -0.39 is 5.97 Å². The van der Waals surface area contributed by atoms with Gasteiger partial charge in [0.2, 0.25) is 17.3 Å². The van der Waals surface area contributed by atoms with Crippen LogP contribution in [0.3, 0.4) is 0 Å². The summed E-state index contributed by atoms with van der Waals surface area (Å²) in [5.41, 5.74) is 1.53. The van der Waals surface area contributed by atoms with Gasteiger partial charge in [-0.2, -0.15) is 0 Å². The van der Waals surface area contributed by atoms with Crippen molar-refractivity contribution in [3.8, 4) is 28.7 Å². The molecule has 0 saturated carbocycles. The Hall–Kier alpha value is -4.24. The average molecular weight is 551 g/mol. The molecule has 0 amide bonds. The van der Waals surface area contributed by atoms with Crippen molar-refractivity contribution >= 4 is 44.7 Å². The summed E-state index contributed by atoms with van der Waals surface area (Å²) in [4.78, 5) is 25.5. The minimum Gasteiger partial charge on any atom is -0.493 e. The maximum absolute atomic E-state index is 12.9. The minimum atomic E-state index is -0.667. The quantitative estimate of drug-likeness (QED) is 0.162. The van der Waals surface area contributed by atoms with Crippen molar-refractivity contribution in [2.24, 2.45) is 0 Å². The van der Waals surface area contributed by atoms with Crippen molar-refractivity contribution in [1.29, 1.82) is 0 Å². The zero-order valence-corrected chi connectivity index (χ0v) is 21.0. The predicted molar refractivity (Wildman–Crippen MR) is 134 cm³/mol. The van der Waals surface area contributed by atoms with Crippen LogP contribution >= 0.6 is 15.9 Å². The van der Waals surface area contributed by atoms with Gasteiger partial charge in [0.15, 0.2) is 17.3 Å². The van der Waals surface area contributed by atoms with E-state index >= 15 is 0 Å². The van der Waals surface area contributed by atoms with Crippen LogP contribution in [0.1, 0.15) is 26.5 Å². The van der Waals surface area contributed by atoms with Gasteiger partial charge in [-0.05, 0) is 60.2 Å². The first-order chi connectivity index (χ1) is 17.4. The molecule has 182 valence electrons. The van der Waals surface area contributed by atoms with Crippen LogP contribution in [0.4, 0.5) is 0 Å². The number of ether oxygens (including phenoxy) is 5. The normalized spacial score (nSPS) is 13.4. The van der Waals surface area contributed by atoms with Crippen LogP contribution < -0.4 is 23.7 Å². The molecule has 8 nitrogen and oxygen atoms in total. The summed E-state index contributed by atoms with van der Waals surface area (Å²) in [6, 6.07) is 15.0. The third-order valence-electron chi connectivity index (χ3n) is 5.52. The van der Waals surface area contributed by atoms with E-state index in [2.05, 4.69) is 15.9 Å². The largest absolute Gasteiger partial charge is 0.493 e. The fourth-order valence-corrected chi connectivity index (χ4v) is 4.22. The van der Waals surface area contributed by atoms with E-state index in [1.807, 2.05) is 12.1 Å². The first-order valence-electron chi connectivity index (χ1n) is 10.7. The molecule has 1 aromatic heterocycles. The third kappa shape index (κ3) is 4.29. The molecule has 3 aromatic carbocycles. The molecule has 0 spiro atoms.